The number of aromatic nitrogens is 1. The zero-order chi connectivity index (χ0) is 13.0. The first-order valence-corrected chi connectivity index (χ1v) is 6.08. The number of hydrogen-bond donors (Lipinski definition) is 0. The summed E-state index contributed by atoms with van der Waals surface area (Å²) in [4.78, 5) is 14.7. The highest BCUT2D eigenvalue weighted by Crippen LogP contribution is 2.24. The SMILES string of the molecule is Cc1ccnc(CC(Cl)CC(C)C)c1[N+](=O)[O-]. The molecule has 0 aliphatic heterocycles. The third-order valence-electron chi connectivity index (χ3n) is 2.53. The van der Waals surface area contributed by atoms with E-state index >= 15 is 0 Å². The molecule has 0 fully saturated rings. The average molecular weight is 257 g/mol. The Bertz CT molecular complexity index is 407. The minimum Gasteiger partial charge on any atom is -0.258 e. The number of nitro groups is 1. The monoisotopic (exact) mass is 256 g/mol. The number of nitrogens with zero attached hydrogens (tertiary/aromatic N) is 2. The smallest absolute Gasteiger partial charge is 0.258 e. The van der Waals surface area contributed by atoms with E-state index in [4.69, 9.17) is 11.6 Å². The van der Waals surface area contributed by atoms with Gasteiger partial charge in [0.2, 0.25) is 0 Å². The van der Waals surface area contributed by atoms with Gasteiger partial charge in [0.1, 0.15) is 5.69 Å². The van der Waals surface area contributed by atoms with Gasteiger partial charge in [-0.3, -0.25) is 15.1 Å². The van der Waals surface area contributed by atoms with Crippen LogP contribution >= 0.6 is 11.6 Å². The Kier molecular flexibility index (Phi) is 4.87. The second-order valence-corrected chi connectivity index (χ2v) is 5.23. The van der Waals surface area contributed by atoms with Gasteiger partial charge in [-0.1, -0.05) is 13.8 Å². The predicted octanol–water partition coefficient (Wildman–Crippen LogP) is 3.49. The van der Waals surface area contributed by atoms with Gasteiger partial charge in [0.25, 0.3) is 5.69 Å². The van der Waals surface area contributed by atoms with Gasteiger partial charge >= 0.3 is 0 Å². The largest absolute Gasteiger partial charge is 0.293 e. The fourth-order valence-electron chi connectivity index (χ4n) is 1.81. The van der Waals surface area contributed by atoms with Crippen molar-refractivity contribution in [2.45, 2.75) is 39.0 Å². The van der Waals surface area contributed by atoms with Crippen molar-refractivity contribution in [3.8, 4) is 0 Å². The van der Waals surface area contributed by atoms with Crippen LogP contribution in [-0.4, -0.2) is 15.3 Å². The van der Waals surface area contributed by atoms with Crippen molar-refractivity contribution >= 4 is 17.3 Å². The molecule has 0 aliphatic carbocycles. The molecule has 94 valence electrons. The van der Waals surface area contributed by atoms with Gasteiger partial charge in [0.05, 0.1) is 4.92 Å². The molecule has 1 heterocycles. The highest BCUT2D eigenvalue weighted by Gasteiger charge is 2.21. The summed E-state index contributed by atoms with van der Waals surface area (Å²) in [6.45, 7) is 5.87. The van der Waals surface area contributed by atoms with Gasteiger partial charge in [-0.25, -0.2) is 0 Å². The molecule has 1 unspecified atom stereocenters. The van der Waals surface area contributed by atoms with Gasteiger partial charge in [-0.15, -0.1) is 11.6 Å². The fourth-order valence-corrected chi connectivity index (χ4v) is 2.31. The van der Waals surface area contributed by atoms with E-state index in [1.807, 2.05) is 0 Å². The van der Waals surface area contributed by atoms with Crippen molar-refractivity contribution < 1.29 is 4.92 Å². The molecule has 0 aromatic carbocycles. The molecule has 0 bridgehead atoms. The molecule has 5 heteroatoms. The minimum atomic E-state index is -0.378. The lowest BCUT2D eigenvalue weighted by Crippen LogP contribution is -2.11. The number of pyridine rings is 1. The number of aryl methyl sites for hydroxylation is 1. The summed E-state index contributed by atoms with van der Waals surface area (Å²) < 4.78 is 0. The first kappa shape index (κ1) is 13.9. The highest BCUT2D eigenvalue weighted by atomic mass is 35.5. The van der Waals surface area contributed by atoms with E-state index in [9.17, 15) is 10.1 Å². The predicted molar refractivity (Wildman–Crippen MR) is 68.4 cm³/mol. The molecule has 0 aliphatic rings. The zero-order valence-corrected chi connectivity index (χ0v) is 11.1. The van der Waals surface area contributed by atoms with E-state index < -0.39 is 0 Å². The molecule has 0 saturated carbocycles. The number of rotatable bonds is 5. The van der Waals surface area contributed by atoms with E-state index in [2.05, 4.69) is 18.8 Å². The van der Waals surface area contributed by atoms with Crippen LogP contribution in [0.15, 0.2) is 12.3 Å². The summed E-state index contributed by atoms with van der Waals surface area (Å²) in [5.74, 6) is 0.473. The van der Waals surface area contributed by atoms with E-state index in [-0.39, 0.29) is 16.0 Å². The van der Waals surface area contributed by atoms with Crippen molar-refractivity contribution in [3.63, 3.8) is 0 Å². The molecule has 0 amide bonds. The second kappa shape index (κ2) is 5.96. The topological polar surface area (TPSA) is 56.0 Å². The highest BCUT2D eigenvalue weighted by molar-refractivity contribution is 6.20. The summed E-state index contributed by atoms with van der Waals surface area (Å²) in [5, 5.41) is 10.9. The van der Waals surface area contributed by atoms with E-state index in [1.54, 1.807) is 19.2 Å². The van der Waals surface area contributed by atoms with Crippen LogP contribution in [0, 0.1) is 23.0 Å². The van der Waals surface area contributed by atoms with Crippen molar-refractivity contribution in [1.29, 1.82) is 0 Å². The first-order valence-electron chi connectivity index (χ1n) is 5.64. The Morgan fingerprint density at radius 3 is 2.71 bits per heavy atom. The molecule has 1 aromatic rings. The molecule has 4 nitrogen and oxygen atoms in total. The van der Waals surface area contributed by atoms with Crippen molar-refractivity contribution in [2.75, 3.05) is 0 Å². The van der Waals surface area contributed by atoms with Crippen LogP contribution in [0.4, 0.5) is 5.69 Å². The van der Waals surface area contributed by atoms with Gasteiger partial charge < -0.3 is 0 Å². The molecule has 0 spiro atoms. The van der Waals surface area contributed by atoms with E-state index in [0.717, 1.165) is 6.42 Å². The molecule has 0 radical (unpaired) electrons. The Hall–Kier alpha value is -1.16. The summed E-state index contributed by atoms with van der Waals surface area (Å²) >= 11 is 6.18. The standard InChI is InChI=1S/C12H17ClN2O2/c1-8(2)6-10(13)7-11-12(15(16)17)9(3)4-5-14-11/h4-5,8,10H,6-7H2,1-3H3. The zero-order valence-electron chi connectivity index (χ0n) is 10.3. The van der Waals surface area contributed by atoms with Crippen molar-refractivity contribution in [3.05, 3.63) is 33.6 Å². The van der Waals surface area contributed by atoms with Gasteiger partial charge in [0.15, 0.2) is 0 Å². The molecule has 1 atom stereocenters. The fraction of sp³-hybridized carbons (Fsp3) is 0.583. The lowest BCUT2D eigenvalue weighted by molar-refractivity contribution is -0.386. The number of hydrogen-bond acceptors (Lipinski definition) is 3. The molecule has 0 saturated heterocycles. The van der Waals surface area contributed by atoms with Crippen LogP contribution in [0.25, 0.3) is 0 Å². The second-order valence-electron chi connectivity index (χ2n) is 4.61. The molecule has 1 rings (SSSR count). The van der Waals surface area contributed by atoms with Crippen LogP contribution in [0.2, 0.25) is 0 Å². The van der Waals surface area contributed by atoms with Crippen molar-refractivity contribution in [1.82, 2.24) is 4.98 Å². The molecular formula is C12H17ClN2O2. The Morgan fingerprint density at radius 1 is 1.53 bits per heavy atom. The maximum absolute atomic E-state index is 11.0. The van der Waals surface area contributed by atoms with Crippen LogP contribution in [0.3, 0.4) is 0 Å². The van der Waals surface area contributed by atoms with E-state index in [1.165, 1.54) is 0 Å². The summed E-state index contributed by atoms with van der Waals surface area (Å²) in [6.07, 6.45) is 2.86. The van der Waals surface area contributed by atoms with Gasteiger partial charge in [-0.05, 0) is 25.3 Å². The van der Waals surface area contributed by atoms with E-state index in [0.29, 0.717) is 23.6 Å². The normalized spacial score (nSPS) is 12.8. The molecule has 0 N–H and O–H groups in total. The Labute approximate surface area is 106 Å². The summed E-state index contributed by atoms with van der Waals surface area (Å²) in [7, 11) is 0. The minimum absolute atomic E-state index is 0.0990. The summed E-state index contributed by atoms with van der Waals surface area (Å²) in [6, 6.07) is 1.65. The van der Waals surface area contributed by atoms with Crippen molar-refractivity contribution in [2.24, 2.45) is 5.92 Å². The molecule has 17 heavy (non-hydrogen) atoms. The van der Waals surface area contributed by atoms with Crippen LogP contribution in [0.1, 0.15) is 31.5 Å². The number of halogens is 1. The summed E-state index contributed by atoms with van der Waals surface area (Å²) in [5.41, 5.74) is 1.21. The molecule has 1 aromatic heterocycles. The third-order valence-corrected chi connectivity index (χ3v) is 2.86. The Balaban J connectivity index is 2.91. The Morgan fingerprint density at radius 2 is 2.18 bits per heavy atom. The lowest BCUT2D eigenvalue weighted by Gasteiger charge is -2.11. The lowest BCUT2D eigenvalue weighted by atomic mass is 10.0. The van der Waals surface area contributed by atoms with Crippen LogP contribution in [0.5, 0.6) is 0 Å². The quantitative estimate of drug-likeness (QED) is 0.460. The average Bonchev–Trinajstić information content (AvgIpc) is 2.15. The maximum atomic E-state index is 11.0. The van der Waals surface area contributed by atoms with Gasteiger partial charge in [-0.2, -0.15) is 0 Å². The van der Waals surface area contributed by atoms with Gasteiger partial charge in [0, 0.05) is 23.6 Å². The number of alkyl halides is 1. The van der Waals surface area contributed by atoms with Crippen LogP contribution < -0.4 is 0 Å². The first-order chi connectivity index (χ1) is 7.91. The molecular weight excluding hydrogens is 240 g/mol. The maximum Gasteiger partial charge on any atom is 0.293 e. The van der Waals surface area contributed by atoms with Crippen LogP contribution in [-0.2, 0) is 6.42 Å². The third kappa shape index (κ3) is 3.97.